The lowest BCUT2D eigenvalue weighted by atomic mass is 9.68. The van der Waals surface area contributed by atoms with E-state index in [4.69, 9.17) is 10.5 Å². The van der Waals surface area contributed by atoms with Crippen molar-refractivity contribution in [2.75, 3.05) is 13.1 Å². The highest BCUT2D eigenvalue weighted by Gasteiger charge is 2.47. The number of nitrogens with two attached hydrogens (primary N) is 1. The minimum Gasteiger partial charge on any atom is -0.444 e. The van der Waals surface area contributed by atoms with Gasteiger partial charge in [-0.05, 0) is 52.4 Å². The number of fused-ring (bicyclic) bond motifs is 2. The van der Waals surface area contributed by atoms with Crippen LogP contribution in [0.1, 0.15) is 40.5 Å². The van der Waals surface area contributed by atoms with Gasteiger partial charge in [-0.15, -0.1) is 0 Å². The molecule has 0 aromatic rings. The van der Waals surface area contributed by atoms with Crippen molar-refractivity contribution in [2.45, 2.75) is 57.8 Å². The standard InChI is InChI=1S/C14H25FN2O2/c1-13(2,3)19-12(18)17-7-9-5-14(4,15)6-10(8-17)11(9)16/h9-11H,5-8,16H2,1-4H3. The van der Waals surface area contributed by atoms with Crippen LogP contribution in [-0.2, 0) is 4.74 Å². The molecule has 2 N–H and O–H groups in total. The summed E-state index contributed by atoms with van der Waals surface area (Å²) in [6, 6.07) is 0.00233. The minimum atomic E-state index is -1.15. The topological polar surface area (TPSA) is 55.6 Å². The Morgan fingerprint density at radius 2 is 1.79 bits per heavy atom. The van der Waals surface area contributed by atoms with E-state index in [-0.39, 0.29) is 24.0 Å². The number of ether oxygens (including phenoxy) is 1. The summed E-state index contributed by atoms with van der Waals surface area (Å²) in [6.45, 7) is 8.19. The van der Waals surface area contributed by atoms with Crippen molar-refractivity contribution in [3.8, 4) is 0 Å². The molecule has 4 nitrogen and oxygen atoms in total. The van der Waals surface area contributed by atoms with Gasteiger partial charge in [-0.3, -0.25) is 0 Å². The number of amides is 1. The summed E-state index contributed by atoms with van der Waals surface area (Å²) in [5.41, 5.74) is 4.50. The number of nitrogens with zero attached hydrogens (tertiary/aromatic N) is 1. The van der Waals surface area contributed by atoms with E-state index in [2.05, 4.69) is 0 Å². The second-order valence-electron chi connectivity index (χ2n) is 7.30. The van der Waals surface area contributed by atoms with E-state index in [1.54, 1.807) is 11.8 Å². The summed E-state index contributed by atoms with van der Waals surface area (Å²) in [6.07, 6.45) is 0.561. The lowest BCUT2D eigenvalue weighted by Crippen LogP contribution is -2.60. The van der Waals surface area contributed by atoms with Crippen LogP contribution in [-0.4, -0.2) is 41.4 Å². The maximum absolute atomic E-state index is 14.2. The Morgan fingerprint density at radius 1 is 1.32 bits per heavy atom. The first kappa shape index (κ1) is 14.6. The van der Waals surface area contributed by atoms with Gasteiger partial charge in [-0.25, -0.2) is 9.18 Å². The first-order chi connectivity index (χ1) is 8.57. The van der Waals surface area contributed by atoms with Gasteiger partial charge in [-0.2, -0.15) is 0 Å². The molecule has 2 rings (SSSR count). The Labute approximate surface area is 114 Å². The molecule has 1 saturated heterocycles. The SMILES string of the molecule is CC1(F)CC2CN(C(=O)OC(C)(C)C)CC(C1)C2N. The van der Waals surface area contributed by atoms with Crippen LogP contribution in [0, 0.1) is 11.8 Å². The summed E-state index contributed by atoms with van der Waals surface area (Å²) >= 11 is 0. The largest absolute Gasteiger partial charge is 0.444 e. The van der Waals surface area contributed by atoms with Crippen LogP contribution >= 0.6 is 0 Å². The first-order valence-electron chi connectivity index (χ1n) is 7.00. The monoisotopic (exact) mass is 272 g/mol. The average molecular weight is 272 g/mol. The third kappa shape index (κ3) is 3.38. The zero-order valence-electron chi connectivity index (χ0n) is 12.3. The summed E-state index contributed by atoms with van der Waals surface area (Å²) in [5, 5.41) is 0. The van der Waals surface area contributed by atoms with Crippen molar-refractivity contribution in [3.05, 3.63) is 0 Å². The van der Waals surface area contributed by atoms with Gasteiger partial charge in [0.2, 0.25) is 0 Å². The van der Waals surface area contributed by atoms with E-state index in [1.165, 1.54) is 0 Å². The third-order valence-electron chi connectivity index (χ3n) is 4.03. The molecule has 2 atom stereocenters. The van der Waals surface area contributed by atoms with E-state index in [9.17, 15) is 9.18 Å². The molecule has 2 unspecified atom stereocenters. The average Bonchev–Trinajstić information content (AvgIpc) is 2.17. The molecule has 0 aromatic heterocycles. The highest BCUT2D eigenvalue weighted by molar-refractivity contribution is 5.68. The summed E-state index contributed by atoms with van der Waals surface area (Å²) in [4.78, 5) is 13.8. The number of halogens is 1. The first-order valence-corrected chi connectivity index (χ1v) is 7.00. The van der Waals surface area contributed by atoms with Gasteiger partial charge >= 0.3 is 6.09 Å². The zero-order valence-corrected chi connectivity index (χ0v) is 12.3. The molecule has 2 fully saturated rings. The van der Waals surface area contributed by atoms with Gasteiger partial charge in [0.1, 0.15) is 11.3 Å². The van der Waals surface area contributed by atoms with Crippen molar-refractivity contribution < 1.29 is 13.9 Å². The maximum atomic E-state index is 14.2. The smallest absolute Gasteiger partial charge is 0.410 e. The molecule has 19 heavy (non-hydrogen) atoms. The Morgan fingerprint density at radius 3 is 2.21 bits per heavy atom. The number of hydrogen-bond acceptors (Lipinski definition) is 3. The zero-order chi connectivity index (χ0) is 14.4. The predicted octanol–water partition coefficient (Wildman–Crippen LogP) is 2.32. The van der Waals surface area contributed by atoms with Crippen molar-refractivity contribution in [1.29, 1.82) is 0 Å². The number of rotatable bonds is 0. The number of carbonyl (C=O) groups is 1. The van der Waals surface area contributed by atoms with Crippen molar-refractivity contribution >= 4 is 6.09 Å². The van der Waals surface area contributed by atoms with Crippen LogP contribution < -0.4 is 5.73 Å². The van der Waals surface area contributed by atoms with Crippen LogP contribution in [0.15, 0.2) is 0 Å². The van der Waals surface area contributed by atoms with E-state index in [0.717, 1.165) is 0 Å². The fourth-order valence-corrected chi connectivity index (χ4v) is 3.32. The van der Waals surface area contributed by atoms with Gasteiger partial charge in [0.15, 0.2) is 0 Å². The Kier molecular flexibility index (Phi) is 3.54. The fraction of sp³-hybridized carbons (Fsp3) is 0.929. The third-order valence-corrected chi connectivity index (χ3v) is 4.03. The summed E-state index contributed by atoms with van der Waals surface area (Å²) < 4.78 is 19.6. The minimum absolute atomic E-state index is 0.00233. The molecule has 5 heteroatoms. The number of piperidine rings is 1. The van der Waals surface area contributed by atoms with Crippen LogP contribution in [0.3, 0.4) is 0 Å². The molecule has 1 amide bonds. The molecule has 2 bridgehead atoms. The molecule has 1 aliphatic carbocycles. The second kappa shape index (κ2) is 4.62. The lowest BCUT2D eigenvalue weighted by molar-refractivity contribution is -0.0345. The van der Waals surface area contributed by atoms with E-state index >= 15 is 0 Å². The highest BCUT2D eigenvalue weighted by Crippen LogP contribution is 2.41. The molecule has 110 valence electrons. The van der Waals surface area contributed by atoms with Gasteiger partial charge in [0.25, 0.3) is 0 Å². The lowest BCUT2D eigenvalue weighted by Gasteiger charge is -2.49. The Bertz CT molecular complexity index is 347. The van der Waals surface area contributed by atoms with Crippen LogP contribution in [0.5, 0.6) is 0 Å². The molecular formula is C14H25FN2O2. The fourth-order valence-electron chi connectivity index (χ4n) is 3.32. The quantitative estimate of drug-likeness (QED) is 0.736. The van der Waals surface area contributed by atoms with Crippen LogP contribution in [0.25, 0.3) is 0 Å². The highest BCUT2D eigenvalue weighted by atomic mass is 19.1. The number of hydrogen-bond donors (Lipinski definition) is 1. The molecule has 2 aliphatic rings. The predicted molar refractivity (Wildman–Crippen MR) is 71.5 cm³/mol. The molecule has 1 aliphatic heterocycles. The number of alkyl halides is 1. The van der Waals surface area contributed by atoms with Crippen molar-refractivity contribution in [1.82, 2.24) is 4.90 Å². The molecular weight excluding hydrogens is 247 g/mol. The van der Waals surface area contributed by atoms with Gasteiger partial charge in [-0.1, -0.05) is 0 Å². The second-order valence-corrected chi connectivity index (χ2v) is 7.30. The molecule has 1 heterocycles. The molecule has 0 radical (unpaired) electrons. The Hall–Kier alpha value is -0.840. The Balaban J connectivity index is 2.04. The van der Waals surface area contributed by atoms with Crippen LogP contribution in [0.2, 0.25) is 0 Å². The van der Waals surface area contributed by atoms with E-state index in [1.807, 2.05) is 20.8 Å². The summed E-state index contributed by atoms with van der Waals surface area (Å²) in [5.74, 6) is 0.0741. The van der Waals surface area contributed by atoms with E-state index in [0.29, 0.717) is 25.9 Å². The van der Waals surface area contributed by atoms with Crippen molar-refractivity contribution in [2.24, 2.45) is 17.6 Å². The molecule has 1 saturated carbocycles. The maximum Gasteiger partial charge on any atom is 0.410 e. The normalized spacial score (nSPS) is 39.1. The summed E-state index contributed by atoms with van der Waals surface area (Å²) in [7, 11) is 0. The van der Waals surface area contributed by atoms with Gasteiger partial charge in [0.05, 0.1) is 0 Å². The van der Waals surface area contributed by atoms with Crippen LogP contribution in [0.4, 0.5) is 9.18 Å². The van der Waals surface area contributed by atoms with Crippen molar-refractivity contribution in [3.63, 3.8) is 0 Å². The van der Waals surface area contributed by atoms with Gasteiger partial charge in [0, 0.05) is 19.1 Å². The number of likely N-dealkylation sites (tertiary alicyclic amines) is 1. The molecule has 0 spiro atoms. The molecule has 0 aromatic carbocycles. The van der Waals surface area contributed by atoms with E-state index < -0.39 is 11.3 Å². The number of carbonyl (C=O) groups excluding carboxylic acids is 1. The van der Waals surface area contributed by atoms with Gasteiger partial charge < -0.3 is 15.4 Å².